The Bertz CT molecular complexity index is 1400. The van der Waals surface area contributed by atoms with Crippen molar-refractivity contribution >= 4 is 23.4 Å². The number of hydrogen-bond acceptors (Lipinski definition) is 6. The number of halogens is 2. The fraction of sp³-hybridized carbons (Fsp3) is 0.333. The number of aryl methyl sites for hydroxylation is 1. The highest BCUT2D eigenvalue weighted by atomic mass is 19.1. The van der Waals surface area contributed by atoms with Gasteiger partial charge in [0.1, 0.15) is 17.4 Å². The Morgan fingerprint density at radius 3 is 2.63 bits per heavy atom. The van der Waals surface area contributed by atoms with E-state index in [1.807, 2.05) is 0 Å². The maximum absolute atomic E-state index is 14.3. The van der Waals surface area contributed by atoms with Crippen LogP contribution in [0.4, 0.5) is 19.3 Å². The molecule has 2 aliphatic heterocycles. The van der Waals surface area contributed by atoms with Crippen molar-refractivity contribution in [1.82, 2.24) is 20.5 Å². The number of urea groups is 1. The number of piperidine rings is 1. The van der Waals surface area contributed by atoms with Crippen LogP contribution < -0.4 is 16.0 Å². The van der Waals surface area contributed by atoms with Gasteiger partial charge in [-0.2, -0.15) is 0 Å². The second kappa shape index (κ2) is 10.2. The van der Waals surface area contributed by atoms with Gasteiger partial charge in [-0.1, -0.05) is 6.07 Å². The largest absolute Gasteiger partial charge is 0.444 e. The zero-order chi connectivity index (χ0) is 26.9. The topological polar surface area (TPSA) is 117 Å². The van der Waals surface area contributed by atoms with Gasteiger partial charge >= 0.3 is 6.03 Å². The van der Waals surface area contributed by atoms with Gasteiger partial charge in [0.25, 0.3) is 5.91 Å². The zero-order valence-corrected chi connectivity index (χ0v) is 20.8. The number of Topliss-reactive ketones (excluding diaryl/α,β-unsaturated/α-hetero) is 1. The Hall–Kier alpha value is -4.28. The smallest absolute Gasteiger partial charge is 0.317 e. The normalized spacial score (nSPS) is 16.1. The molecule has 0 atom stereocenters. The molecule has 0 aliphatic carbocycles. The van der Waals surface area contributed by atoms with Gasteiger partial charge in [-0.25, -0.2) is 18.6 Å². The summed E-state index contributed by atoms with van der Waals surface area (Å²) in [6.07, 6.45) is 2.86. The van der Waals surface area contributed by atoms with Crippen molar-refractivity contribution in [2.45, 2.75) is 44.8 Å². The van der Waals surface area contributed by atoms with E-state index in [2.05, 4.69) is 20.9 Å². The molecule has 0 saturated carbocycles. The van der Waals surface area contributed by atoms with Gasteiger partial charge < -0.3 is 25.3 Å². The SMILES string of the molecule is Cc1ncc(CNC(=O)c2cc(CNC(=O)N3CCC4(CC3)CC(=O)c3cc(F)ccc3N4)ccc2F)o1. The number of likely N-dealkylation sites (tertiary alicyclic amines) is 1. The van der Waals surface area contributed by atoms with Crippen LogP contribution in [0.2, 0.25) is 0 Å². The van der Waals surface area contributed by atoms with Crippen LogP contribution in [0.25, 0.3) is 0 Å². The van der Waals surface area contributed by atoms with Crippen LogP contribution in [0.1, 0.15) is 57.2 Å². The number of ketones is 1. The number of anilines is 1. The van der Waals surface area contributed by atoms with E-state index in [1.165, 1.54) is 36.5 Å². The van der Waals surface area contributed by atoms with Crippen LogP contribution in [0.15, 0.2) is 47.0 Å². The van der Waals surface area contributed by atoms with Crippen LogP contribution in [-0.4, -0.2) is 46.2 Å². The molecule has 38 heavy (non-hydrogen) atoms. The summed E-state index contributed by atoms with van der Waals surface area (Å²) < 4.78 is 33.2. The zero-order valence-electron chi connectivity index (χ0n) is 20.8. The number of aromatic nitrogens is 1. The molecule has 9 nitrogen and oxygen atoms in total. The van der Waals surface area contributed by atoms with Gasteiger partial charge in [0.05, 0.1) is 18.3 Å². The van der Waals surface area contributed by atoms with Gasteiger partial charge in [0.15, 0.2) is 11.7 Å². The van der Waals surface area contributed by atoms with E-state index in [4.69, 9.17) is 4.42 Å². The third kappa shape index (κ3) is 5.36. The van der Waals surface area contributed by atoms with Gasteiger partial charge in [0, 0.05) is 49.8 Å². The van der Waals surface area contributed by atoms with Crippen molar-refractivity contribution in [3.8, 4) is 0 Å². The van der Waals surface area contributed by atoms with Crippen molar-refractivity contribution in [2.75, 3.05) is 18.4 Å². The number of carbonyl (C=O) groups excluding carboxylic acids is 3. The van der Waals surface area contributed by atoms with E-state index >= 15 is 0 Å². The monoisotopic (exact) mass is 523 g/mol. The number of oxazole rings is 1. The molecule has 0 bridgehead atoms. The van der Waals surface area contributed by atoms with Gasteiger partial charge in [-0.3, -0.25) is 9.59 Å². The summed E-state index contributed by atoms with van der Waals surface area (Å²) in [6, 6.07) is 7.96. The molecule has 5 rings (SSSR count). The number of nitrogens with one attached hydrogen (secondary N) is 3. The fourth-order valence-electron chi connectivity index (χ4n) is 4.92. The highest BCUT2D eigenvalue weighted by molar-refractivity contribution is 6.04. The Morgan fingerprint density at radius 1 is 1.11 bits per heavy atom. The van der Waals surface area contributed by atoms with Gasteiger partial charge in [0.2, 0.25) is 0 Å². The molecule has 198 valence electrons. The van der Waals surface area contributed by atoms with Crippen LogP contribution >= 0.6 is 0 Å². The lowest BCUT2D eigenvalue weighted by atomic mass is 9.78. The second-order valence-corrected chi connectivity index (χ2v) is 9.68. The fourth-order valence-corrected chi connectivity index (χ4v) is 4.92. The van der Waals surface area contributed by atoms with E-state index in [0.717, 1.165) is 0 Å². The number of rotatable bonds is 5. The molecular weight excluding hydrogens is 496 g/mol. The first-order valence-corrected chi connectivity index (χ1v) is 12.3. The molecule has 2 aliphatic rings. The van der Waals surface area contributed by atoms with E-state index in [0.29, 0.717) is 54.4 Å². The van der Waals surface area contributed by atoms with E-state index in [-0.39, 0.29) is 36.9 Å². The van der Waals surface area contributed by atoms with Crippen LogP contribution in [-0.2, 0) is 13.1 Å². The molecule has 11 heteroatoms. The van der Waals surface area contributed by atoms with E-state index < -0.39 is 23.1 Å². The maximum Gasteiger partial charge on any atom is 0.317 e. The highest BCUT2D eigenvalue weighted by Gasteiger charge is 2.41. The van der Waals surface area contributed by atoms with Crippen LogP contribution in [0, 0.1) is 18.6 Å². The molecule has 0 radical (unpaired) electrons. The lowest BCUT2D eigenvalue weighted by molar-refractivity contribution is 0.0913. The lowest BCUT2D eigenvalue weighted by Crippen LogP contribution is -2.55. The molecule has 3 heterocycles. The standard InChI is InChI=1S/C27H27F2N5O4/c1-16-30-14-19(38-16)15-31-25(36)20-10-17(2-4-22(20)29)13-32-26(37)34-8-6-27(7-9-34)12-24(35)21-11-18(28)3-5-23(21)33-27/h2-5,10-11,14,33H,6-9,12-13,15H2,1H3,(H,31,36)(H,32,37). The van der Waals surface area contributed by atoms with Crippen molar-refractivity contribution in [3.63, 3.8) is 0 Å². The minimum atomic E-state index is -0.675. The van der Waals surface area contributed by atoms with Crippen molar-refractivity contribution < 1.29 is 27.6 Å². The molecule has 1 saturated heterocycles. The van der Waals surface area contributed by atoms with Crippen molar-refractivity contribution in [2.24, 2.45) is 0 Å². The summed E-state index contributed by atoms with van der Waals surface area (Å²) in [5, 5.41) is 8.82. The quantitative estimate of drug-likeness (QED) is 0.467. The summed E-state index contributed by atoms with van der Waals surface area (Å²) in [5.41, 5.74) is 0.935. The maximum atomic E-state index is 14.3. The highest BCUT2D eigenvalue weighted by Crippen LogP contribution is 2.37. The molecule has 3 N–H and O–H groups in total. The lowest BCUT2D eigenvalue weighted by Gasteiger charge is -2.45. The summed E-state index contributed by atoms with van der Waals surface area (Å²) in [7, 11) is 0. The number of hydrogen-bond donors (Lipinski definition) is 3. The summed E-state index contributed by atoms with van der Waals surface area (Å²) in [6.45, 7) is 2.72. The Morgan fingerprint density at radius 2 is 1.89 bits per heavy atom. The Kier molecular flexibility index (Phi) is 6.83. The number of fused-ring (bicyclic) bond motifs is 1. The summed E-state index contributed by atoms with van der Waals surface area (Å²) in [5.74, 6) is -0.919. The van der Waals surface area contributed by atoms with Crippen molar-refractivity contribution in [3.05, 3.63) is 82.6 Å². The van der Waals surface area contributed by atoms with Crippen molar-refractivity contribution in [1.29, 1.82) is 0 Å². The van der Waals surface area contributed by atoms with Gasteiger partial charge in [-0.05, 0) is 48.7 Å². The minimum absolute atomic E-state index is 0.0689. The minimum Gasteiger partial charge on any atom is -0.444 e. The third-order valence-electron chi connectivity index (χ3n) is 7.00. The number of amides is 3. The van der Waals surface area contributed by atoms with Gasteiger partial charge in [-0.15, -0.1) is 0 Å². The number of benzene rings is 2. The molecule has 1 aromatic heterocycles. The van der Waals surface area contributed by atoms with E-state index in [1.54, 1.807) is 17.9 Å². The third-order valence-corrected chi connectivity index (χ3v) is 7.00. The first-order valence-electron chi connectivity index (χ1n) is 12.3. The average Bonchev–Trinajstić information content (AvgIpc) is 3.32. The predicted octanol–water partition coefficient (Wildman–Crippen LogP) is 3.93. The molecule has 2 aromatic carbocycles. The predicted molar refractivity (Wildman–Crippen MR) is 134 cm³/mol. The molecule has 3 aromatic rings. The number of carbonyl (C=O) groups is 3. The van der Waals surface area contributed by atoms with Crippen LogP contribution in [0.3, 0.4) is 0 Å². The molecule has 1 spiro atoms. The summed E-state index contributed by atoms with van der Waals surface area (Å²) in [4.78, 5) is 43.5. The van der Waals surface area contributed by atoms with Crippen LogP contribution in [0.5, 0.6) is 0 Å². The first kappa shape index (κ1) is 25.4. The Labute approximate surface area is 217 Å². The second-order valence-electron chi connectivity index (χ2n) is 9.68. The Balaban J connectivity index is 1.14. The molecular formula is C27H27F2N5O4. The molecule has 1 fully saturated rings. The van der Waals surface area contributed by atoms with E-state index in [9.17, 15) is 23.2 Å². The molecule has 0 unspecified atom stereocenters. The number of nitrogens with zero attached hydrogens (tertiary/aromatic N) is 2. The average molecular weight is 524 g/mol. The molecule has 3 amide bonds. The first-order chi connectivity index (χ1) is 18.2. The summed E-state index contributed by atoms with van der Waals surface area (Å²) >= 11 is 0.